The van der Waals surface area contributed by atoms with E-state index in [0.717, 1.165) is 5.39 Å². The Hall–Kier alpha value is -3.41. The molecule has 118 valence electrons. The van der Waals surface area contributed by atoms with Crippen molar-refractivity contribution in [1.29, 1.82) is 0 Å². The molecule has 0 radical (unpaired) electrons. The molecule has 6 heteroatoms. The molecule has 0 fully saturated rings. The molecular formula is C18H12FN3O2. The highest BCUT2D eigenvalue weighted by Gasteiger charge is 2.16. The molecule has 0 atom stereocenters. The first-order valence-electron chi connectivity index (χ1n) is 7.29. The van der Waals surface area contributed by atoms with E-state index >= 15 is 0 Å². The fraction of sp³-hybridized carbons (Fsp3) is 0. The van der Waals surface area contributed by atoms with Gasteiger partial charge in [-0.15, -0.1) is 0 Å². The molecule has 0 aliphatic heterocycles. The molecule has 4 rings (SSSR count). The van der Waals surface area contributed by atoms with Gasteiger partial charge in [0.15, 0.2) is 0 Å². The van der Waals surface area contributed by atoms with Crippen molar-refractivity contribution in [3.8, 4) is 11.3 Å². The molecule has 2 aromatic carbocycles. The quantitative estimate of drug-likeness (QED) is 0.593. The van der Waals surface area contributed by atoms with Crippen LogP contribution >= 0.6 is 0 Å². The third-order valence-electron chi connectivity index (χ3n) is 3.76. The van der Waals surface area contributed by atoms with Gasteiger partial charge in [-0.3, -0.25) is 9.89 Å². The summed E-state index contributed by atoms with van der Waals surface area (Å²) in [6.07, 6.45) is 3.02. The van der Waals surface area contributed by atoms with E-state index in [1.165, 1.54) is 18.3 Å². The first-order valence-corrected chi connectivity index (χ1v) is 7.29. The first-order chi connectivity index (χ1) is 11.7. The number of fused-ring (bicyclic) bond motifs is 1. The summed E-state index contributed by atoms with van der Waals surface area (Å²) < 4.78 is 18.4. The molecule has 0 saturated carbocycles. The fourth-order valence-corrected chi connectivity index (χ4v) is 2.59. The second-order valence-electron chi connectivity index (χ2n) is 5.26. The molecule has 4 aromatic rings. The number of furan rings is 1. The Bertz CT molecular complexity index is 1020. The number of carbonyl (C=O) groups is 1. The maximum absolute atomic E-state index is 13.1. The number of anilines is 1. The monoisotopic (exact) mass is 321 g/mol. The van der Waals surface area contributed by atoms with Crippen molar-refractivity contribution in [2.45, 2.75) is 0 Å². The number of aromatic amines is 1. The van der Waals surface area contributed by atoms with E-state index in [9.17, 15) is 9.18 Å². The van der Waals surface area contributed by atoms with E-state index in [0.29, 0.717) is 28.1 Å². The Morgan fingerprint density at radius 2 is 1.96 bits per heavy atom. The van der Waals surface area contributed by atoms with Crippen LogP contribution in [0.1, 0.15) is 10.4 Å². The molecule has 2 aromatic heterocycles. The van der Waals surface area contributed by atoms with E-state index in [1.807, 2.05) is 6.07 Å². The van der Waals surface area contributed by atoms with Gasteiger partial charge in [-0.05, 0) is 42.5 Å². The molecule has 0 aliphatic carbocycles. The normalized spacial score (nSPS) is 10.9. The van der Waals surface area contributed by atoms with Gasteiger partial charge in [0.2, 0.25) is 0 Å². The Labute approximate surface area is 136 Å². The van der Waals surface area contributed by atoms with Crippen LogP contribution in [0.3, 0.4) is 0 Å². The van der Waals surface area contributed by atoms with Crippen molar-refractivity contribution in [3.63, 3.8) is 0 Å². The van der Waals surface area contributed by atoms with Gasteiger partial charge in [0.25, 0.3) is 5.91 Å². The second-order valence-corrected chi connectivity index (χ2v) is 5.26. The van der Waals surface area contributed by atoms with Gasteiger partial charge in [0.1, 0.15) is 11.4 Å². The molecule has 24 heavy (non-hydrogen) atoms. The number of nitrogens with zero attached hydrogens (tertiary/aromatic N) is 1. The van der Waals surface area contributed by atoms with Crippen LogP contribution in [-0.2, 0) is 0 Å². The zero-order valence-corrected chi connectivity index (χ0v) is 12.4. The van der Waals surface area contributed by atoms with E-state index in [-0.39, 0.29) is 11.7 Å². The number of amides is 1. The van der Waals surface area contributed by atoms with Crippen LogP contribution in [0.4, 0.5) is 10.1 Å². The number of carbonyl (C=O) groups excluding carboxylic acids is 1. The van der Waals surface area contributed by atoms with E-state index in [1.54, 1.807) is 36.6 Å². The molecular weight excluding hydrogens is 309 g/mol. The van der Waals surface area contributed by atoms with Gasteiger partial charge < -0.3 is 9.73 Å². The van der Waals surface area contributed by atoms with Crippen molar-refractivity contribution in [3.05, 3.63) is 72.4 Å². The number of H-pyrrole nitrogens is 1. The van der Waals surface area contributed by atoms with Crippen LogP contribution in [0.2, 0.25) is 0 Å². The SMILES string of the molecule is O=C(Nc1cccc2occc12)c1cn[nH]c1-c1ccc(F)cc1. The summed E-state index contributed by atoms with van der Waals surface area (Å²) in [5, 5.41) is 10.4. The zero-order chi connectivity index (χ0) is 16.5. The van der Waals surface area contributed by atoms with Gasteiger partial charge in [-0.25, -0.2) is 4.39 Å². The third-order valence-corrected chi connectivity index (χ3v) is 3.76. The number of hydrogen-bond donors (Lipinski definition) is 2. The molecule has 2 N–H and O–H groups in total. The van der Waals surface area contributed by atoms with E-state index < -0.39 is 0 Å². The fourth-order valence-electron chi connectivity index (χ4n) is 2.59. The Balaban J connectivity index is 1.67. The highest BCUT2D eigenvalue weighted by molar-refractivity contribution is 6.11. The highest BCUT2D eigenvalue weighted by Crippen LogP contribution is 2.26. The average molecular weight is 321 g/mol. The van der Waals surface area contributed by atoms with Gasteiger partial charge in [0.05, 0.1) is 29.4 Å². The molecule has 0 aliphatic rings. The van der Waals surface area contributed by atoms with Crippen molar-refractivity contribution >= 4 is 22.6 Å². The summed E-state index contributed by atoms with van der Waals surface area (Å²) in [6.45, 7) is 0. The van der Waals surface area contributed by atoms with Crippen LogP contribution in [0, 0.1) is 5.82 Å². The smallest absolute Gasteiger partial charge is 0.259 e. The molecule has 1 amide bonds. The number of halogens is 1. The number of nitrogens with one attached hydrogen (secondary N) is 2. The van der Waals surface area contributed by atoms with Crippen LogP contribution < -0.4 is 5.32 Å². The second kappa shape index (κ2) is 5.66. The first kappa shape index (κ1) is 14.2. The van der Waals surface area contributed by atoms with Crippen LogP contribution in [0.15, 0.2) is 65.4 Å². The summed E-state index contributed by atoms with van der Waals surface area (Å²) >= 11 is 0. The lowest BCUT2D eigenvalue weighted by atomic mass is 10.1. The minimum Gasteiger partial charge on any atom is -0.464 e. The summed E-state index contributed by atoms with van der Waals surface area (Å²) in [4.78, 5) is 12.6. The number of hydrogen-bond acceptors (Lipinski definition) is 3. The van der Waals surface area contributed by atoms with Gasteiger partial charge in [-0.1, -0.05) is 6.07 Å². The van der Waals surface area contributed by atoms with E-state index in [4.69, 9.17) is 4.42 Å². The van der Waals surface area contributed by atoms with Gasteiger partial charge in [-0.2, -0.15) is 5.10 Å². The predicted molar refractivity (Wildman–Crippen MR) is 88.1 cm³/mol. The maximum atomic E-state index is 13.1. The minimum absolute atomic E-state index is 0.309. The topological polar surface area (TPSA) is 70.9 Å². The average Bonchev–Trinajstić information content (AvgIpc) is 3.25. The zero-order valence-electron chi connectivity index (χ0n) is 12.4. The number of rotatable bonds is 3. The van der Waals surface area contributed by atoms with Crippen LogP contribution in [0.5, 0.6) is 0 Å². The molecule has 0 unspecified atom stereocenters. The van der Waals surface area contributed by atoms with Crippen molar-refractivity contribution in [2.75, 3.05) is 5.32 Å². The number of aromatic nitrogens is 2. The Kier molecular flexibility index (Phi) is 3.35. The molecule has 0 saturated heterocycles. The molecule has 0 spiro atoms. The lowest BCUT2D eigenvalue weighted by molar-refractivity contribution is 0.102. The van der Waals surface area contributed by atoms with Crippen molar-refractivity contribution in [1.82, 2.24) is 10.2 Å². The lowest BCUT2D eigenvalue weighted by Gasteiger charge is -2.07. The van der Waals surface area contributed by atoms with Crippen molar-refractivity contribution < 1.29 is 13.6 Å². The van der Waals surface area contributed by atoms with Crippen LogP contribution in [0.25, 0.3) is 22.2 Å². The largest absolute Gasteiger partial charge is 0.464 e. The van der Waals surface area contributed by atoms with Crippen molar-refractivity contribution in [2.24, 2.45) is 0 Å². The lowest BCUT2D eigenvalue weighted by Crippen LogP contribution is -2.12. The maximum Gasteiger partial charge on any atom is 0.259 e. The summed E-state index contributed by atoms with van der Waals surface area (Å²) in [6, 6.07) is 13.1. The molecule has 2 heterocycles. The summed E-state index contributed by atoms with van der Waals surface area (Å²) in [5.41, 5.74) is 2.94. The molecule has 0 bridgehead atoms. The minimum atomic E-state index is -0.337. The van der Waals surface area contributed by atoms with Crippen LogP contribution in [-0.4, -0.2) is 16.1 Å². The third kappa shape index (κ3) is 2.44. The highest BCUT2D eigenvalue weighted by atomic mass is 19.1. The Morgan fingerprint density at radius 3 is 2.79 bits per heavy atom. The Morgan fingerprint density at radius 1 is 1.12 bits per heavy atom. The predicted octanol–water partition coefficient (Wildman–Crippen LogP) is 4.21. The number of benzene rings is 2. The summed E-state index contributed by atoms with van der Waals surface area (Å²) in [7, 11) is 0. The van der Waals surface area contributed by atoms with E-state index in [2.05, 4.69) is 15.5 Å². The van der Waals surface area contributed by atoms with Gasteiger partial charge in [0, 0.05) is 10.9 Å². The summed E-state index contributed by atoms with van der Waals surface area (Å²) in [5.74, 6) is -0.646. The molecule has 5 nitrogen and oxygen atoms in total. The standard InChI is InChI=1S/C18H12FN3O2/c19-12-6-4-11(5-7-12)17-14(10-20-22-17)18(23)21-15-2-1-3-16-13(15)8-9-24-16/h1-10H,(H,20,22)(H,21,23). The van der Waals surface area contributed by atoms with Gasteiger partial charge >= 0.3 is 0 Å².